The van der Waals surface area contributed by atoms with Crippen molar-refractivity contribution in [3.05, 3.63) is 77.4 Å². The summed E-state index contributed by atoms with van der Waals surface area (Å²) in [6, 6.07) is 21.3. The predicted molar refractivity (Wildman–Crippen MR) is 120 cm³/mol. The molecule has 0 amide bonds. The third-order valence-corrected chi connectivity index (χ3v) is 4.95. The van der Waals surface area contributed by atoms with Crippen LogP contribution in [-0.4, -0.2) is 6.61 Å². The van der Waals surface area contributed by atoms with Crippen molar-refractivity contribution in [3.8, 4) is 17.6 Å². The van der Waals surface area contributed by atoms with Gasteiger partial charge in [0.05, 0.1) is 6.61 Å². The van der Waals surface area contributed by atoms with Gasteiger partial charge in [0.15, 0.2) is 0 Å². The van der Waals surface area contributed by atoms with Crippen LogP contribution in [0, 0.1) is 11.8 Å². The Labute approximate surface area is 169 Å². The van der Waals surface area contributed by atoms with Crippen LogP contribution in [0.25, 0.3) is 10.8 Å². The molecule has 3 aromatic rings. The highest BCUT2D eigenvalue weighted by atomic mass is 16.5. The van der Waals surface area contributed by atoms with Gasteiger partial charge in [-0.3, -0.25) is 0 Å². The topological polar surface area (TPSA) is 9.23 Å². The smallest absolute Gasteiger partial charge is 0.119 e. The van der Waals surface area contributed by atoms with Crippen molar-refractivity contribution in [2.75, 3.05) is 6.61 Å². The first-order valence-corrected chi connectivity index (χ1v) is 10.6. The fourth-order valence-corrected chi connectivity index (χ4v) is 3.22. The van der Waals surface area contributed by atoms with Gasteiger partial charge in [-0.15, -0.1) is 0 Å². The van der Waals surface area contributed by atoms with Crippen LogP contribution in [0.4, 0.5) is 0 Å². The minimum atomic E-state index is 0.777. The number of fused-ring (bicyclic) bond motifs is 1. The molecular formula is C27H30O. The molecular weight excluding hydrogens is 340 g/mol. The molecule has 3 aromatic carbocycles. The van der Waals surface area contributed by atoms with Gasteiger partial charge < -0.3 is 4.74 Å². The Balaban J connectivity index is 1.67. The summed E-state index contributed by atoms with van der Waals surface area (Å²) in [5.41, 5.74) is 3.49. The van der Waals surface area contributed by atoms with Gasteiger partial charge in [0.2, 0.25) is 0 Å². The van der Waals surface area contributed by atoms with E-state index in [0.29, 0.717) is 0 Å². The van der Waals surface area contributed by atoms with Crippen molar-refractivity contribution in [2.45, 2.75) is 52.4 Å². The van der Waals surface area contributed by atoms with E-state index in [1.807, 2.05) is 24.3 Å². The molecule has 0 saturated carbocycles. The maximum atomic E-state index is 5.70. The molecule has 0 aromatic heterocycles. The molecule has 0 atom stereocenters. The van der Waals surface area contributed by atoms with Crippen molar-refractivity contribution in [3.63, 3.8) is 0 Å². The second-order valence-electron chi connectivity index (χ2n) is 7.33. The highest BCUT2D eigenvalue weighted by Crippen LogP contribution is 2.19. The Morgan fingerprint density at radius 2 is 1.36 bits per heavy atom. The molecule has 0 saturated heterocycles. The molecule has 0 aliphatic heterocycles. The lowest BCUT2D eigenvalue weighted by molar-refractivity contribution is 0.309. The van der Waals surface area contributed by atoms with E-state index < -0.39 is 0 Å². The summed E-state index contributed by atoms with van der Waals surface area (Å²) in [7, 11) is 0. The molecule has 3 rings (SSSR count). The maximum Gasteiger partial charge on any atom is 0.119 e. The van der Waals surface area contributed by atoms with E-state index in [9.17, 15) is 0 Å². The molecule has 0 fully saturated rings. The van der Waals surface area contributed by atoms with Gasteiger partial charge in [-0.25, -0.2) is 0 Å². The second kappa shape index (κ2) is 10.6. The summed E-state index contributed by atoms with van der Waals surface area (Å²) >= 11 is 0. The van der Waals surface area contributed by atoms with Crippen molar-refractivity contribution in [2.24, 2.45) is 0 Å². The van der Waals surface area contributed by atoms with Crippen LogP contribution in [-0.2, 0) is 6.42 Å². The highest BCUT2D eigenvalue weighted by Gasteiger charge is 1.99. The first kappa shape index (κ1) is 20.0. The van der Waals surface area contributed by atoms with Gasteiger partial charge in [-0.05, 0) is 72.0 Å². The lowest BCUT2D eigenvalue weighted by Gasteiger charge is -2.05. The summed E-state index contributed by atoms with van der Waals surface area (Å²) in [4.78, 5) is 0. The van der Waals surface area contributed by atoms with Gasteiger partial charge in [0.25, 0.3) is 0 Å². The first-order chi connectivity index (χ1) is 13.8. The summed E-state index contributed by atoms with van der Waals surface area (Å²) < 4.78 is 5.70. The number of hydrogen-bond donors (Lipinski definition) is 0. The summed E-state index contributed by atoms with van der Waals surface area (Å²) in [5.74, 6) is 7.47. The normalized spacial score (nSPS) is 10.5. The third kappa shape index (κ3) is 5.89. The number of benzene rings is 3. The number of unbranched alkanes of at least 4 members (excludes halogenated alkanes) is 3. The van der Waals surface area contributed by atoms with Gasteiger partial charge in [-0.1, -0.05) is 69.2 Å². The number of ether oxygens (including phenoxy) is 1. The Hall–Kier alpha value is -2.72. The van der Waals surface area contributed by atoms with Crippen LogP contribution in [0.1, 0.15) is 62.6 Å². The Morgan fingerprint density at radius 3 is 2.14 bits per heavy atom. The number of aryl methyl sites for hydroxylation is 1. The summed E-state index contributed by atoms with van der Waals surface area (Å²) in [6.07, 6.45) is 7.25. The number of rotatable bonds is 8. The largest absolute Gasteiger partial charge is 0.494 e. The van der Waals surface area contributed by atoms with Crippen LogP contribution in [0.3, 0.4) is 0 Å². The molecule has 0 bridgehead atoms. The average Bonchev–Trinajstić information content (AvgIpc) is 2.73. The van der Waals surface area contributed by atoms with Gasteiger partial charge in [0, 0.05) is 11.1 Å². The fourth-order valence-electron chi connectivity index (χ4n) is 3.22. The molecule has 28 heavy (non-hydrogen) atoms. The van der Waals surface area contributed by atoms with Crippen LogP contribution in [0.15, 0.2) is 60.7 Å². The van der Waals surface area contributed by atoms with E-state index in [0.717, 1.165) is 36.3 Å². The molecule has 1 heteroatoms. The zero-order valence-corrected chi connectivity index (χ0v) is 17.1. The van der Waals surface area contributed by atoms with E-state index in [4.69, 9.17) is 4.74 Å². The van der Waals surface area contributed by atoms with E-state index in [2.05, 4.69) is 62.1 Å². The predicted octanol–water partition coefficient (Wildman–Crippen LogP) is 7.15. The van der Waals surface area contributed by atoms with E-state index in [1.165, 1.54) is 42.0 Å². The van der Waals surface area contributed by atoms with Crippen LogP contribution < -0.4 is 4.74 Å². The Kier molecular flexibility index (Phi) is 7.56. The molecule has 1 nitrogen and oxygen atoms in total. The van der Waals surface area contributed by atoms with Crippen LogP contribution in [0.5, 0.6) is 5.75 Å². The van der Waals surface area contributed by atoms with Gasteiger partial charge in [0.1, 0.15) is 5.75 Å². The van der Waals surface area contributed by atoms with E-state index >= 15 is 0 Å². The average molecular weight is 371 g/mol. The van der Waals surface area contributed by atoms with Crippen LogP contribution in [0.2, 0.25) is 0 Å². The molecule has 144 valence electrons. The Bertz CT molecular complexity index is 941. The monoisotopic (exact) mass is 370 g/mol. The highest BCUT2D eigenvalue weighted by molar-refractivity contribution is 5.84. The minimum Gasteiger partial charge on any atom is -0.494 e. The fraction of sp³-hybridized carbons (Fsp3) is 0.333. The standard InChI is InChI=1S/C27H30O/c1-3-5-7-8-23-11-15-26-21-24(12-16-25(26)20-23)10-9-22-13-17-27(18-14-22)28-19-6-4-2/h11-18,20-21H,3-8,19H2,1-2H3. The molecule has 0 unspecified atom stereocenters. The van der Waals surface area contributed by atoms with E-state index in [1.54, 1.807) is 0 Å². The molecule has 0 aliphatic carbocycles. The summed E-state index contributed by atoms with van der Waals surface area (Å²) in [6.45, 7) is 5.19. The Morgan fingerprint density at radius 1 is 0.679 bits per heavy atom. The zero-order chi connectivity index (χ0) is 19.6. The second-order valence-corrected chi connectivity index (χ2v) is 7.33. The van der Waals surface area contributed by atoms with Crippen molar-refractivity contribution in [1.82, 2.24) is 0 Å². The minimum absolute atomic E-state index is 0.777. The molecule has 0 aliphatic rings. The summed E-state index contributed by atoms with van der Waals surface area (Å²) in [5, 5.41) is 2.55. The number of hydrogen-bond acceptors (Lipinski definition) is 1. The van der Waals surface area contributed by atoms with Crippen molar-refractivity contribution in [1.29, 1.82) is 0 Å². The van der Waals surface area contributed by atoms with Gasteiger partial charge >= 0.3 is 0 Å². The van der Waals surface area contributed by atoms with E-state index in [-0.39, 0.29) is 0 Å². The first-order valence-electron chi connectivity index (χ1n) is 10.6. The quantitative estimate of drug-likeness (QED) is 0.302. The molecule has 0 radical (unpaired) electrons. The maximum absolute atomic E-state index is 5.70. The van der Waals surface area contributed by atoms with Gasteiger partial charge in [-0.2, -0.15) is 0 Å². The SMILES string of the molecule is CCCCCc1ccc2cc(C#Cc3ccc(OCCCC)cc3)ccc2c1. The molecule has 0 N–H and O–H groups in total. The molecule has 0 heterocycles. The van der Waals surface area contributed by atoms with Crippen molar-refractivity contribution >= 4 is 10.8 Å². The van der Waals surface area contributed by atoms with Crippen molar-refractivity contribution < 1.29 is 4.74 Å². The third-order valence-electron chi connectivity index (χ3n) is 4.95. The molecule has 0 spiro atoms. The lowest BCUT2D eigenvalue weighted by Crippen LogP contribution is -1.95. The lowest BCUT2D eigenvalue weighted by atomic mass is 10.0. The van der Waals surface area contributed by atoms with Crippen LogP contribution >= 0.6 is 0 Å². The zero-order valence-electron chi connectivity index (χ0n) is 17.1.